The van der Waals surface area contributed by atoms with Crippen molar-refractivity contribution in [2.45, 2.75) is 45.6 Å². The van der Waals surface area contributed by atoms with Crippen LogP contribution in [-0.4, -0.2) is 37.0 Å². The van der Waals surface area contributed by atoms with Crippen molar-refractivity contribution in [1.82, 2.24) is 10.2 Å². The van der Waals surface area contributed by atoms with Crippen LogP contribution in [0.4, 0.5) is 0 Å². The van der Waals surface area contributed by atoms with Crippen LogP contribution in [0.5, 0.6) is 5.75 Å². The van der Waals surface area contributed by atoms with E-state index in [1.54, 1.807) is 0 Å². The van der Waals surface area contributed by atoms with Crippen LogP contribution in [0.3, 0.4) is 0 Å². The standard InChI is InChI=1S/C25H34N2O2/c1-25(2,3)22-9-11-23(12-10-22)29-18-15-26-24(28)21-13-16-27(17-14-21)19-20-7-5-4-6-8-20/h4-12,21H,13-19H2,1-3H3,(H,26,28). The van der Waals surface area contributed by atoms with Gasteiger partial charge in [-0.05, 0) is 54.6 Å². The molecule has 0 bridgehead atoms. The molecule has 2 aromatic carbocycles. The second-order valence-electron chi connectivity index (χ2n) is 8.95. The van der Waals surface area contributed by atoms with E-state index in [4.69, 9.17) is 4.74 Å². The molecule has 3 rings (SSSR count). The van der Waals surface area contributed by atoms with Gasteiger partial charge in [-0.2, -0.15) is 0 Å². The number of benzene rings is 2. The molecule has 2 aromatic rings. The van der Waals surface area contributed by atoms with Crippen molar-refractivity contribution >= 4 is 5.91 Å². The summed E-state index contributed by atoms with van der Waals surface area (Å²) in [6.07, 6.45) is 1.85. The first-order chi connectivity index (χ1) is 13.9. The van der Waals surface area contributed by atoms with Gasteiger partial charge in [0.2, 0.25) is 5.91 Å². The molecule has 0 saturated carbocycles. The van der Waals surface area contributed by atoms with E-state index in [1.807, 2.05) is 18.2 Å². The lowest BCUT2D eigenvalue weighted by Gasteiger charge is -2.31. The van der Waals surface area contributed by atoms with Gasteiger partial charge in [-0.25, -0.2) is 0 Å². The molecule has 1 amide bonds. The predicted octanol–water partition coefficient (Wildman–Crippen LogP) is 4.39. The van der Waals surface area contributed by atoms with Gasteiger partial charge in [-0.3, -0.25) is 9.69 Å². The van der Waals surface area contributed by atoms with Gasteiger partial charge >= 0.3 is 0 Å². The Balaban J connectivity index is 1.33. The zero-order valence-electron chi connectivity index (χ0n) is 18.0. The topological polar surface area (TPSA) is 41.6 Å². The van der Waals surface area contributed by atoms with Gasteiger partial charge in [0.15, 0.2) is 0 Å². The average molecular weight is 395 g/mol. The summed E-state index contributed by atoms with van der Waals surface area (Å²) in [6, 6.07) is 18.8. The fraction of sp³-hybridized carbons (Fsp3) is 0.480. The third kappa shape index (κ3) is 6.60. The van der Waals surface area contributed by atoms with Crippen LogP contribution >= 0.6 is 0 Å². The Morgan fingerprint density at radius 2 is 1.69 bits per heavy atom. The van der Waals surface area contributed by atoms with Gasteiger partial charge in [0.1, 0.15) is 12.4 Å². The van der Waals surface area contributed by atoms with Crippen molar-refractivity contribution in [3.8, 4) is 5.75 Å². The zero-order valence-corrected chi connectivity index (χ0v) is 18.0. The highest BCUT2D eigenvalue weighted by molar-refractivity contribution is 5.78. The molecule has 4 heteroatoms. The summed E-state index contributed by atoms with van der Waals surface area (Å²) in [5, 5.41) is 3.04. The molecule has 1 N–H and O–H groups in total. The minimum absolute atomic E-state index is 0.119. The number of ether oxygens (including phenoxy) is 1. The molecule has 1 aliphatic rings. The minimum Gasteiger partial charge on any atom is -0.492 e. The van der Waals surface area contributed by atoms with Gasteiger partial charge in [0.25, 0.3) is 0 Å². The molecule has 0 aromatic heterocycles. The third-order valence-corrected chi connectivity index (χ3v) is 5.60. The van der Waals surface area contributed by atoms with E-state index in [9.17, 15) is 4.79 Å². The largest absolute Gasteiger partial charge is 0.492 e. The maximum Gasteiger partial charge on any atom is 0.223 e. The number of likely N-dealkylation sites (tertiary alicyclic amines) is 1. The van der Waals surface area contributed by atoms with Gasteiger partial charge in [0.05, 0.1) is 6.54 Å². The molecule has 29 heavy (non-hydrogen) atoms. The number of piperidine rings is 1. The molecule has 4 nitrogen and oxygen atoms in total. The second-order valence-corrected chi connectivity index (χ2v) is 8.95. The Kier molecular flexibility index (Phi) is 7.32. The van der Waals surface area contributed by atoms with E-state index in [2.05, 4.69) is 67.4 Å². The van der Waals surface area contributed by atoms with Crippen LogP contribution < -0.4 is 10.1 Å². The monoisotopic (exact) mass is 394 g/mol. The Bertz CT molecular complexity index is 758. The lowest BCUT2D eigenvalue weighted by atomic mass is 9.87. The van der Waals surface area contributed by atoms with Crippen molar-refractivity contribution in [2.75, 3.05) is 26.2 Å². The van der Waals surface area contributed by atoms with Crippen LogP contribution in [-0.2, 0) is 16.8 Å². The number of hydrogen-bond donors (Lipinski definition) is 1. The van der Waals surface area contributed by atoms with Crippen LogP contribution in [0, 0.1) is 5.92 Å². The molecule has 1 fully saturated rings. The first-order valence-electron chi connectivity index (χ1n) is 10.7. The molecular weight excluding hydrogens is 360 g/mol. The molecular formula is C25H34N2O2. The van der Waals surface area contributed by atoms with Crippen LogP contribution in [0.2, 0.25) is 0 Å². The van der Waals surface area contributed by atoms with E-state index in [1.165, 1.54) is 11.1 Å². The van der Waals surface area contributed by atoms with Crippen molar-refractivity contribution < 1.29 is 9.53 Å². The van der Waals surface area contributed by atoms with E-state index in [-0.39, 0.29) is 17.2 Å². The molecule has 0 unspecified atom stereocenters. The smallest absolute Gasteiger partial charge is 0.223 e. The first kappa shape index (κ1) is 21.4. The lowest BCUT2D eigenvalue weighted by Crippen LogP contribution is -2.41. The Labute approximate surface area is 175 Å². The Morgan fingerprint density at radius 3 is 2.31 bits per heavy atom. The normalized spacial score (nSPS) is 15.8. The molecule has 156 valence electrons. The van der Waals surface area contributed by atoms with E-state index >= 15 is 0 Å². The van der Waals surface area contributed by atoms with Crippen LogP contribution in [0.15, 0.2) is 54.6 Å². The number of carbonyl (C=O) groups excluding carboxylic acids is 1. The third-order valence-electron chi connectivity index (χ3n) is 5.60. The summed E-state index contributed by atoms with van der Waals surface area (Å²) in [4.78, 5) is 14.9. The molecule has 0 atom stereocenters. The molecule has 1 aliphatic heterocycles. The number of rotatable bonds is 7. The van der Waals surface area contributed by atoms with E-state index in [0.717, 1.165) is 38.2 Å². The quantitative estimate of drug-likeness (QED) is 0.708. The van der Waals surface area contributed by atoms with Crippen LogP contribution in [0.25, 0.3) is 0 Å². The summed E-state index contributed by atoms with van der Waals surface area (Å²) in [5.41, 5.74) is 2.77. The first-order valence-corrected chi connectivity index (χ1v) is 10.7. The number of amides is 1. The number of nitrogens with zero attached hydrogens (tertiary/aromatic N) is 1. The maximum atomic E-state index is 12.4. The van der Waals surface area contributed by atoms with Crippen molar-refractivity contribution in [3.63, 3.8) is 0 Å². The van der Waals surface area contributed by atoms with Gasteiger partial charge < -0.3 is 10.1 Å². The molecule has 0 aliphatic carbocycles. The highest BCUT2D eigenvalue weighted by Gasteiger charge is 2.24. The van der Waals surface area contributed by atoms with Crippen molar-refractivity contribution in [2.24, 2.45) is 5.92 Å². The number of nitrogens with one attached hydrogen (secondary N) is 1. The molecule has 1 heterocycles. The summed E-state index contributed by atoms with van der Waals surface area (Å²) in [7, 11) is 0. The number of hydrogen-bond acceptors (Lipinski definition) is 3. The summed E-state index contributed by atoms with van der Waals surface area (Å²) in [6.45, 7) is 10.6. The van der Waals surface area contributed by atoms with Gasteiger partial charge in [0, 0.05) is 12.5 Å². The average Bonchev–Trinajstić information content (AvgIpc) is 2.72. The van der Waals surface area contributed by atoms with Crippen molar-refractivity contribution in [1.29, 1.82) is 0 Å². The summed E-state index contributed by atoms with van der Waals surface area (Å²) in [5.74, 6) is 1.13. The summed E-state index contributed by atoms with van der Waals surface area (Å²) < 4.78 is 5.77. The highest BCUT2D eigenvalue weighted by atomic mass is 16.5. The maximum absolute atomic E-state index is 12.4. The van der Waals surface area contributed by atoms with Gasteiger partial charge in [-0.15, -0.1) is 0 Å². The zero-order chi connectivity index (χ0) is 20.7. The second kappa shape index (κ2) is 9.93. The van der Waals surface area contributed by atoms with E-state index in [0.29, 0.717) is 13.2 Å². The fourth-order valence-corrected chi connectivity index (χ4v) is 3.73. The molecule has 0 radical (unpaired) electrons. The molecule has 1 saturated heterocycles. The highest BCUT2D eigenvalue weighted by Crippen LogP contribution is 2.24. The lowest BCUT2D eigenvalue weighted by molar-refractivity contribution is -0.126. The predicted molar refractivity (Wildman–Crippen MR) is 118 cm³/mol. The molecule has 0 spiro atoms. The summed E-state index contributed by atoms with van der Waals surface area (Å²) >= 11 is 0. The number of carbonyl (C=O) groups is 1. The minimum atomic E-state index is 0.119. The van der Waals surface area contributed by atoms with E-state index < -0.39 is 0 Å². The van der Waals surface area contributed by atoms with Crippen molar-refractivity contribution in [3.05, 3.63) is 65.7 Å². The Hall–Kier alpha value is -2.33. The fourth-order valence-electron chi connectivity index (χ4n) is 3.73. The van der Waals surface area contributed by atoms with Crippen LogP contribution in [0.1, 0.15) is 44.7 Å². The van der Waals surface area contributed by atoms with Gasteiger partial charge in [-0.1, -0.05) is 63.2 Å². The SMILES string of the molecule is CC(C)(C)c1ccc(OCCNC(=O)C2CCN(Cc3ccccc3)CC2)cc1. The Morgan fingerprint density at radius 1 is 1.03 bits per heavy atom.